The number of benzene rings is 1. The minimum absolute atomic E-state index is 0.270. The van der Waals surface area contributed by atoms with Crippen molar-refractivity contribution in [2.24, 2.45) is 0 Å². The summed E-state index contributed by atoms with van der Waals surface area (Å²) in [5, 5.41) is 11.1. The van der Waals surface area contributed by atoms with Gasteiger partial charge in [0.2, 0.25) is 5.95 Å². The van der Waals surface area contributed by atoms with Gasteiger partial charge in [0, 0.05) is 13.0 Å². The topological polar surface area (TPSA) is 70.7 Å². The van der Waals surface area contributed by atoms with E-state index in [9.17, 15) is 9.18 Å². The van der Waals surface area contributed by atoms with Crippen molar-refractivity contribution in [2.75, 3.05) is 11.9 Å². The third kappa shape index (κ3) is 4.50. The predicted molar refractivity (Wildman–Crippen MR) is 91.5 cm³/mol. The maximum Gasteiger partial charge on any atom is 0.274 e. The zero-order chi connectivity index (χ0) is 16.8. The lowest BCUT2D eigenvalue weighted by Crippen LogP contribution is -2.20. The Hall–Kier alpha value is -2.50. The van der Waals surface area contributed by atoms with Crippen LogP contribution in [0.2, 0.25) is 0 Å². The van der Waals surface area contributed by atoms with Crippen LogP contribution in [0.3, 0.4) is 0 Å². The molecule has 1 aliphatic rings. The molecule has 6 heteroatoms. The first-order valence-electron chi connectivity index (χ1n) is 8.33. The van der Waals surface area contributed by atoms with Gasteiger partial charge < -0.3 is 5.32 Å². The van der Waals surface area contributed by atoms with Crippen LogP contribution in [0.25, 0.3) is 0 Å². The van der Waals surface area contributed by atoms with Crippen LogP contribution in [0, 0.1) is 5.82 Å². The highest BCUT2D eigenvalue weighted by molar-refractivity contribution is 5.25. The fourth-order valence-corrected chi connectivity index (χ4v) is 2.82. The standard InChI is InChI=1S/C18H21FN4O/c19-15-8-6-14(7-9-15)12-16-17(24)21-18(23-22-16)20-11-10-13-4-2-1-3-5-13/h4,6-9H,1-3,5,10-12H2,(H2,20,21,23,24). The lowest BCUT2D eigenvalue weighted by atomic mass is 9.97. The number of aromatic nitrogens is 3. The van der Waals surface area contributed by atoms with E-state index >= 15 is 0 Å². The van der Waals surface area contributed by atoms with Crippen LogP contribution in [-0.2, 0) is 6.42 Å². The molecule has 3 rings (SSSR count). The molecule has 0 aliphatic heterocycles. The van der Waals surface area contributed by atoms with E-state index < -0.39 is 0 Å². The van der Waals surface area contributed by atoms with Gasteiger partial charge in [-0.05, 0) is 49.8 Å². The van der Waals surface area contributed by atoms with Gasteiger partial charge in [0.15, 0.2) is 0 Å². The SMILES string of the molecule is O=c1[nH]c(NCCC2=CCCCC2)nnc1Cc1ccc(F)cc1. The first-order chi connectivity index (χ1) is 11.7. The summed E-state index contributed by atoms with van der Waals surface area (Å²) < 4.78 is 12.9. The maximum absolute atomic E-state index is 12.9. The molecule has 126 valence electrons. The van der Waals surface area contributed by atoms with E-state index in [0.717, 1.165) is 18.5 Å². The van der Waals surface area contributed by atoms with E-state index in [1.165, 1.54) is 43.4 Å². The molecule has 0 unspecified atom stereocenters. The van der Waals surface area contributed by atoms with Gasteiger partial charge in [0.1, 0.15) is 11.5 Å². The second-order valence-corrected chi connectivity index (χ2v) is 6.04. The van der Waals surface area contributed by atoms with Crippen molar-refractivity contribution >= 4 is 5.95 Å². The van der Waals surface area contributed by atoms with Crippen molar-refractivity contribution in [3.63, 3.8) is 0 Å². The first kappa shape index (κ1) is 16.4. The molecule has 0 radical (unpaired) electrons. The molecule has 1 aliphatic carbocycles. The van der Waals surface area contributed by atoms with Crippen molar-refractivity contribution < 1.29 is 4.39 Å². The molecule has 1 heterocycles. The number of rotatable bonds is 6. The van der Waals surface area contributed by atoms with E-state index in [4.69, 9.17) is 0 Å². The van der Waals surface area contributed by atoms with Crippen molar-refractivity contribution in [3.05, 3.63) is 63.3 Å². The third-order valence-electron chi connectivity index (χ3n) is 4.17. The van der Waals surface area contributed by atoms with Crippen LogP contribution in [0.4, 0.5) is 10.3 Å². The molecule has 0 atom stereocenters. The Morgan fingerprint density at radius 1 is 1.17 bits per heavy atom. The minimum atomic E-state index is -0.300. The molecule has 1 aromatic carbocycles. The average molecular weight is 328 g/mol. The Kier molecular flexibility index (Phi) is 5.36. The van der Waals surface area contributed by atoms with E-state index in [0.29, 0.717) is 18.1 Å². The average Bonchev–Trinajstić information content (AvgIpc) is 2.60. The molecule has 0 bridgehead atoms. The number of hydrogen-bond donors (Lipinski definition) is 2. The Balaban J connectivity index is 1.57. The number of hydrogen-bond acceptors (Lipinski definition) is 4. The normalized spacial score (nSPS) is 14.3. The van der Waals surface area contributed by atoms with Crippen molar-refractivity contribution in [2.45, 2.75) is 38.5 Å². The lowest BCUT2D eigenvalue weighted by Gasteiger charge is -2.12. The molecule has 2 N–H and O–H groups in total. The van der Waals surface area contributed by atoms with Crippen molar-refractivity contribution in [3.8, 4) is 0 Å². The summed E-state index contributed by atoms with van der Waals surface area (Å²) in [5.41, 5.74) is 2.34. The van der Waals surface area contributed by atoms with Crippen LogP contribution in [0.1, 0.15) is 43.4 Å². The number of anilines is 1. The van der Waals surface area contributed by atoms with Gasteiger partial charge in [-0.2, -0.15) is 0 Å². The van der Waals surface area contributed by atoms with Gasteiger partial charge in [-0.15, -0.1) is 10.2 Å². The maximum atomic E-state index is 12.9. The number of H-pyrrole nitrogens is 1. The van der Waals surface area contributed by atoms with Crippen molar-refractivity contribution in [1.82, 2.24) is 15.2 Å². The highest BCUT2D eigenvalue weighted by Crippen LogP contribution is 2.19. The predicted octanol–water partition coefficient (Wildman–Crippen LogP) is 3.20. The molecule has 0 saturated carbocycles. The molecular formula is C18H21FN4O. The van der Waals surface area contributed by atoms with Gasteiger partial charge in [-0.1, -0.05) is 23.8 Å². The summed E-state index contributed by atoms with van der Waals surface area (Å²) in [5.74, 6) is 0.0886. The van der Waals surface area contributed by atoms with Crippen LogP contribution in [0.15, 0.2) is 40.7 Å². The van der Waals surface area contributed by atoms with E-state index in [1.54, 1.807) is 12.1 Å². The molecule has 0 saturated heterocycles. The molecule has 5 nitrogen and oxygen atoms in total. The molecule has 24 heavy (non-hydrogen) atoms. The molecule has 0 fully saturated rings. The van der Waals surface area contributed by atoms with Crippen LogP contribution >= 0.6 is 0 Å². The fraction of sp³-hybridized carbons (Fsp3) is 0.389. The van der Waals surface area contributed by atoms with Gasteiger partial charge >= 0.3 is 0 Å². The highest BCUT2D eigenvalue weighted by atomic mass is 19.1. The van der Waals surface area contributed by atoms with E-state index in [2.05, 4.69) is 26.6 Å². The summed E-state index contributed by atoms with van der Waals surface area (Å²) in [6.07, 6.45) is 8.48. The number of aromatic amines is 1. The fourth-order valence-electron chi connectivity index (χ4n) is 2.82. The van der Waals surface area contributed by atoms with E-state index in [-0.39, 0.29) is 11.4 Å². The number of nitrogens with zero attached hydrogens (tertiary/aromatic N) is 2. The Morgan fingerprint density at radius 2 is 2.00 bits per heavy atom. The zero-order valence-electron chi connectivity index (χ0n) is 13.5. The summed E-state index contributed by atoms with van der Waals surface area (Å²) in [6.45, 7) is 0.730. The Labute approximate surface area is 140 Å². The molecule has 2 aromatic rings. The van der Waals surface area contributed by atoms with Gasteiger partial charge in [0.05, 0.1) is 0 Å². The number of nitrogens with one attached hydrogen (secondary N) is 2. The number of allylic oxidation sites excluding steroid dienone is 1. The third-order valence-corrected chi connectivity index (χ3v) is 4.17. The monoisotopic (exact) mass is 328 g/mol. The summed E-state index contributed by atoms with van der Waals surface area (Å²) in [4.78, 5) is 14.8. The lowest BCUT2D eigenvalue weighted by molar-refractivity contribution is 0.627. The number of halogens is 1. The van der Waals surface area contributed by atoms with Gasteiger partial charge in [-0.25, -0.2) is 4.39 Å². The molecule has 0 spiro atoms. The summed E-state index contributed by atoms with van der Waals surface area (Å²) >= 11 is 0. The Morgan fingerprint density at radius 3 is 2.71 bits per heavy atom. The molecular weight excluding hydrogens is 307 g/mol. The largest absolute Gasteiger partial charge is 0.354 e. The zero-order valence-corrected chi connectivity index (χ0v) is 13.5. The summed E-state index contributed by atoms with van der Waals surface area (Å²) in [7, 11) is 0. The van der Waals surface area contributed by atoms with Gasteiger partial charge in [-0.3, -0.25) is 9.78 Å². The second-order valence-electron chi connectivity index (χ2n) is 6.04. The molecule has 0 amide bonds. The van der Waals surface area contributed by atoms with E-state index in [1.807, 2.05) is 0 Å². The van der Waals surface area contributed by atoms with Gasteiger partial charge in [0.25, 0.3) is 5.56 Å². The van der Waals surface area contributed by atoms with Crippen LogP contribution < -0.4 is 10.9 Å². The van der Waals surface area contributed by atoms with Crippen LogP contribution in [0.5, 0.6) is 0 Å². The quantitative estimate of drug-likeness (QED) is 0.799. The minimum Gasteiger partial charge on any atom is -0.354 e. The second kappa shape index (κ2) is 7.86. The first-order valence-corrected chi connectivity index (χ1v) is 8.33. The molecule has 1 aromatic heterocycles. The van der Waals surface area contributed by atoms with Crippen LogP contribution in [-0.4, -0.2) is 21.7 Å². The Bertz CT molecular complexity index is 767. The smallest absolute Gasteiger partial charge is 0.274 e. The summed E-state index contributed by atoms with van der Waals surface area (Å²) in [6, 6.07) is 6.01. The highest BCUT2D eigenvalue weighted by Gasteiger charge is 2.07. The van der Waals surface area contributed by atoms with Crippen molar-refractivity contribution in [1.29, 1.82) is 0 Å².